The van der Waals surface area contributed by atoms with Crippen molar-refractivity contribution in [3.63, 3.8) is 0 Å². The molecule has 1 heterocycles. The Morgan fingerprint density at radius 3 is 2.80 bits per heavy atom. The lowest BCUT2D eigenvalue weighted by Gasteiger charge is -2.25. The van der Waals surface area contributed by atoms with Crippen molar-refractivity contribution in [1.82, 2.24) is 9.55 Å². The molecule has 0 N–H and O–H groups in total. The Hall–Kier alpha value is -1.53. The zero-order chi connectivity index (χ0) is 13.9. The highest BCUT2D eigenvalue weighted by Crippen LogP contribution is 2.33. The van der Waals surface area contributed by atoms with E-state index in [1.807, 2.05) is 12.1 Å². The molecule has 1 saturated carbocycles. The second-order valence-electron chi connectivity index (χ2n) is 5.41. The Morgan fingerprint density at radius 1 is 1.30 bits per heavy atom. The Labute approximate surface area is 124 Å². The summed E-state index contributed by atoms with van der Waals surface area (Å²) in [7, 11) is 0. The highest BCUT2D eigenvalue weighted by molar-refractivity contribution is 6.17. The number of hydrogen-bond donors (Lipinski definition) is 0. The summed E-state index contributed by atoms with van der Waals surface area (Å²) < 4.78 is 2.34. The summed E-state index contributed by atoms with van der Waals surface area (Å²) in [5.74, 6) is 1.60. The van der Waals surface area contributed by atoms with Crippen LogP contribution in [0.2, 0.25) is 0 Å². The van der Waals surface area contributed by atoms with Crippen molar-refractivity contribution in [3.8, 4) is 6.07 Å². The van der Waals surface area contributed by atoms with Gasteiger partial charge < -0.3 is 4.57 Å². The Bertz CT molecular complexity index is 648. The van der Waals surface area contributed by atoms with Crippen molar-refractivity contribution in [2.75, 3.05) is 5.88 Å². The molecule has 0 unspecified atom stereocenters. The van der Waals surface area contributed by atoms with Gasteiger partial charge in [0.1, 0.15) is 17.4 Å². The summed E-state index contributed by atoms with van der Waals surface area (Å²) >= 11 is 5.93. The average molecular weight is 288 g/mol. The number of para-hydroxylation sites is 1. The molecule has 0 saturated heterocycles. The third-order valence-corrected chi connectivity index (χ3v) is 4.36. The fourth-order valence-electron chi connectivity index (χ4n) is 3.26. The molecule has 2 aromatic rings. The van der Waals surface area contributed by atoms with Gasteiger partial charge in [-0.25, -0.2) is 4.98 Å². The second-order valence-corrected chi connectivity index (χ2v) is 5.79. The van der Waals surface area contributed by atoms with Crippen molar-refractivity contribution >= 4 is 22.6 Å². The van der Waals surface area contributed by atoms with Crippen molar-refractivity contribution in [3.05, 3.63) is 29.6 Å². The lowest BCUT2D eigenvalue weighted by atomic mass is 9.95. The van der Waals surface area contributed by atoms with Crippen LogP contribution in [0, 0.1) is 11.3 Å². The summed E-state index contributed by atoms with van der Waals surface area (Å²) in [6, 6.07) is 8.63. The van der Waals surface area contributed by atoms with Crippen LogP contribution in [0.4, 0.5) is 0 Å². The molecular weight excluding hydrogens is 270 g/mol. The molecule has 104 valence electrons. The number of benzene rings is 1. The minimum Gasteiger partial charge on any atom is -0.325 e. The molecule has 3 rings (SSSR count). The first-order chi connectivity index (χ1) is 9.85. The van der Waals surface area contributed by atoms with E-state index in [1.165, 1.54) is 32.1 Å². The van der Waals surface area contributed by atoms with E-state index in [9.17, 15) is 5.26 Å². The summed E-state index contributed by atoms with van der Waals surface area (Å²) in [4.78, 5) is 4.70. The Morgan fingerprint density at radius 2 is 2.10 bits per heavy atom. The monoisotopic (exact) mass is 287 g/mol. The third kappa shape index (κ3) is 2.29. The Kier molecular flexibility index (Phi) is 3.93. The molecular formula is C16H18ClN3. The predicted octanol–water partition coefficient (Wildman–Crippen LogP) is 4.19. The second kappa shape index (κ2) is 5.85. The molecule has 20 heavy (non-hydrogen) atoms. The van der Waals surface area contributed by atoms with Crippen LogP contribution in [0.15, 0.2) is 18.2 Å². The molecule has 1 fully saturated rings. The number of fused-ring (bicyclic) bond motifs is 1. The van der Waals surface area contributed by atoms with Crippen LogP contribution < -0.4 is 0 Å². The van der Waals surface area contributed by atoms with Gasteiger partial charge in [-0.2, -0.15) is 5.26 Å². The van der Waals surface area contributed by atoms with Gasteiger partial charge in [-0.15, -0.1) is 11.6 Å². The van der Waals surface area contributed by atoms with Gasteiger partial charge in [0.15, 0.2) is 0 Å². The maximum atomic E-state index is 9.25. The van der Waals surface area contributed by atoms with E-state index in [1.54, 1.807) is 0 Å². The van der Waals surface area contributed by atoms with E-state index in [4.69, 9.17) is 16.6 Å². The lowest BCUT2D eigenvalue weighted by Crippen LogP contribution is -2.15. The molecule has 0 aliphatic heterocycles. The summed E-state index contributed by atoms with van der Waals surface area (Å²) in [6.07, 6.45) is 7.06. The molecule has 0 atom stereocenters. The molecule has 4 heteroatoms. The normalized spacial score (nSPS) is 16.4. The van der Waals surface area contributed by atoms with Crippen LogP contribution >= 0.6 is 11.6 Å². The first kappa shape index (κ1) is 13.5. The maximum absolute atomic E-state index is 9.25. The fourth-order valence-corrected chi connectivity index (χ4v) is 3.43. The largest absolute Gasteiger partial charge is 0.325 e. The average Bonchev–Trinajstić information content (AvgIpc) is 2.86. The van der Waals surface area contributed by atoms with Crippen LogP contribution in [0.5, 0.6) is 0 Å². The van der Waals surface area contributed by atoms with E-state index in [-0.39, 0.29) is 0 Å². The highest BCUT2D eigenvalue weighted by Gasteiger charge is 2.22. The SMILES string of the molecule is N#Cc1cccc2c1nc(CCCl)n2C1CCCCC1. The van der Waals surface area contributed by atoms with Gasteiger partial charge in [0.25, 0.3) is 0 Å². The summed E-state index contributed by atoms with van der Waals surface area (Å²) in [6.45, 7) is 0. The molecule has 0 radical (unpaired) electrons. The number of hydrogen-bond acceptors (Lipinski definition) is 2. The van der Waals surface area contributed by atoms with Crippen LogP contribution in [0.3, 0.4) is 0 Å². The minimum absolute atomic E-state index is 0.515. The first-order valence-electron chi connectivity index (χ1n) is 7.31. The van der Waals surface area contributed by atoms with Crippen LogP contribution in [0.25, 0.3) is 11.0 Å². The van der Waals surface area contributed by atoms with Crippen LogP contribution in [-0.2, 0) is 6.42 Å². The van der Waals surface area contributed by atoms with E-state index >= 15 is 0 Å². The Balaban J connectivity index is 2.16. The topological polar surface area (TPSA) is 41.6 Å². The molecule has 1 aliphatic carbocycles. The number of nitriles is 1. The summed E-state index contributed by atoms with van der Waals surface area (Å²) in [5.41, 5.74) is 2.59. The molecule has 0 bridgehead atoms. The summed E-state index contributed by atoms with van der Waals surface area (Å²) in [5, 5.41) is 9.25. The van der Waals surface area contributed by atoms with Gasteiger partial charge in [-0.1, -0.05) is 25.3 Å². The van der Waals surface area contributed by atoms with Crippen molar-refractivity contribution < 1.29 is 0 Å². The van der Waals surface area contributed by atoms with E-state index < -0.39 is 0 Å². The van der Waals surface area contributed by atoms with Gasteiger partial charge in [0.2, 0.25) is 0 Å². The van der Waals surface area contributed by atoms with Crippen LogP contribution in [0.1, 0.15) is 49.5 Å². The smallest absolute Gasteiger partial charge is 0.111 e. The molecule has 3 nitrogen and oxygen atoms in total. The van der Waals surface area contributed by atoms with E-state index in [2.05, 4.69) is 16.7 Å². The molecule has 0 spiro atoms. The number of imidazole rings is 1. The van der Waals surface area contributed by atoms with Crippen molar-refractivity contribution in [2.45, 2.75) is 44.6 Å². The number of aryl methyl sites for hydroxylation is 1. The fraction of sp³-hybridized carbons (Fsp3) is 0.500. The van der Waals surface area contributed by atoms with E-state index in [0.29, 0.717) is 17.5 Å². The quantitative estimate of drug-likeness (QED) is 0.794. The van der Waals surface area contributed by atoms with Gasteiger partial charge in [0.05, 0.1) is 11.1 Å². The maximum Gasteiger partial charge on any atom is 0.111 e. The van der Waals surface area contributed by atoms with Gasteiger partial charge in [-0.05, 0) is 25.0 Å². The third-order valence-electron chi connectivity index (χ3n) is 4.17. The van der Waals surface area contributed by atoms with Crippen molar-refractivity contribution in [1.29, 1.82) is 5.26 Å². The first-order valence-corrected chi connectivity index (χ1v) is 7.84. The molecule has 1 aliphatic rings. The molecule has 1 aromatic carbocycles. The minimum atomic E-state index is 0.515. The van der Waals surface area contributed by atoms with Gasteiger partial charge in [-0.3, -0.25) is 0 Å². The van der Waals surface area contributed by atoms with Crippen LogP contribution in [-0.4, -0.2) is 15.4 Å². The van der Waals surface area contributed by atoms with E-state index in [0.717, 1.165) is 23.3 Å². The standard InChI is InChI=1S/C16H18ClN3/c17-10-9-15-19-16-12(11-18)5-4-8-14(16)20(15)13-6-2-1-3-7-13/h4-5,8,13H,1-3,6-7,9-10H2. The molecule has 0 amide bonds. The zero-order valence-electron chi connectivity index (χ0n) is 11.5. The zero-order valence-corrected chi connectivity index (χ0v) is 12.2. The lowest BCUT2D eigenvalue weighted by molar-refractivity contribution is 0.353. The number of nitrogens with zero attached hydrogens (tertiary/aromatic N) is 3. The number of rotatable bonds is 3. The predicted molar refractivity (Wildman–Crippen MR) is 81.0 cm³/mol. The number of alkyl halides is 1. The highest BCUT2D eigenvalue weighted by atomic mass is 35.5. The molecule has 1 aromatic heterocycles. The van der Waals surface area contributed by atoms with Crippen molar-refractivity contribution in [2.24, 2.45) is 0 Å². The van der Waals surface area contributed by atoms with Gasteiger partial charge in [0, 0.05) is 18.3 Å². The number of aromatic nitrogens is 2. The number of halogens is 1. The van der Waals surface area contributed by atoms with Gasteiger partial charge >= 0.3 is 0 Å².